The van der Waals surface area contributed by atoms with E-state index in [-0.39, 0.29) is 17.2 Å². The maximum atomic E-state index is 13.3. The molecule has 0 unspecified atom stereocenters. The van der Waals surface area contributed by atoms with Gasteiger partial charge in [0.2, 0.25) is 11.8 Å². The molecule has 2 heterocycles. The van der Waals surface area contributed by atoms with Gasteiger partial charge in [0.05, 0.1) is 12.5 Å². The number of rotatable bonds is 7. The van der Waals surface area contributed by atoms with Crippen molar-refractivity contribution in [3.05, 3.63) is 29.8 Å². The summed E-state index contributed by atoms with van der Waals surface area (Å²) in [4.78, 5) is 29.3. The number of carbonyl (C=O) groups excluding carboxylic acids is 2. The first-order valence-corrected chi connectivity index (χ1v) is 9.98. The molecule has 2 aliphatic heterocycles. The number of methoxy groups -OCH3 is 1. The van der Waals surface area contributed by atoms with E-state index in [2.05, 4.69) is 10.2 Å². The second-order valence-corrected chi connectivity index (χ2v) is 7.69. The third-order valence-electron chi connectivity index (χ3n) is 5.79. The number of hydrogen-bond acceptors (Lipinski definition) is 4. The molecule has 0 aromatic heterocycles. The minimum absolute atomic E-state index is 0.0908. The third-order valence-corrected chi connectivity index (χ3v) is 5.79. The first-order chi connectivity index (χ1) is 13.1. The second-order valence-electron chi connectivity index (χ2n) is 7.69. The highest BCUT2D eigenvalue weighted by Crippen LogP contribution is 2.40. The Kier molecular flexibility index (Phi) is 6.37. The van der Waals surface area contributed by atoms with Crippen molar-refractivity contribution >= 4 is 11.8 Å². The Labute approximate surface area is 161 Å². The fourth-order valence-corrected chi connectivity index (χ4v) is 4.37. The monoisotopic (exact) mass is 373 g/mol. The van der Waals surface area contributed by atoms with Gasteiger partial charge < -0.3 is 19.9 Å². The van der Waals surface area contributed by atoms with E-state index in [4.69, 9.17) is 4.74 Å². The summed E-state index contributed by atoms with van der Waals surface area (Å²) in [5.41, 5.74) is 0.837. The van der Waals surface area contributed by atoms with Gasteiger partial charge in [-0.3, -0.25) is 9.59 Å². The maximum Gasteiger partial charge on any atom is 0.230 e. The Morgan fingerprint density at radius 1 is 1.30 bits per heavy atom. The van der Waals surface area contributed by atoms with Crippen LogP contribution >= 0.6 is 0 Å². The van der Waals surface area contributed by atoms with Crippen molar-refractivity contribution in [3.63, 3.8) is 0 Å². The zero-order valence-corrected chi connectivity index (χ0v) is 16.5. The van der Waals surface area contributed by atoms with Crippen molar-refractivity contribution in [1.82, 2.24) is 15.1 Å². The number of carbonyl (C=O) groups is 2. The number of hydrogen-bond donors (Lipinski definition) is 1. The Morgan fingerprint density at radius 2 is 2.15 bits per heavy atom. The van der Waals surface area contributed by atoms with Gasteiger partial charge >= 0.3 is 0 Å². The fourth-order valence-electron chi connectivity index (χ4n) is 4.37. The third kappa shape index (κ3) is 4.61. The van der Waals surface area contributed by atoms with E-state index in [0.717, 1.165) is 56.8 Å². The fraction of sp³-hybridized carbons (Fsp3) is 0.619. The van der Waals surface area contributed by atoms with Gasteiger partial charge in [-0.25, -0.2) is 0 Å². The predicted molar refractivity (Wildman–Crippen MR) is 104 cm³/mol. The standard InChI is InChI=1S/C21H31N3O3/c1-3-22-19(25)8-12-23-13-10-21(16-23)9-5-11-24(20(21)26)15-17-6-4-7-18(14-17)27-2/h4,6-7,14H,3,5,8-13,15-16H2,1-2H3,(H,22,25)/t21-/m1/s1. The van der Waals surface area contributed by atoms with E-state index < -0.39 is 0 Å². The van der Waals surface area contributed by atoms with Crippen LogP contribution in [0.2, 0.25) is 0 Å². The second kappa shape index (κ2) is 8.74. The SMILES string of the molecule is CCNC(=O)CCN1CC[C@]2(CCCN(Cc3cccc(OC)c3)C2=O)C1. The lowest BCUT2D eigenvalue weighted by Crippen LogP contribution is -2.49. The van der Waals surface area contributed by atoms with E-state index >= 15 is 0 Å². The molecule has 2 fully saturated rings. The average molecular weight is 373 g/mol. The topological polar surface area (TPSA) is 61.9 Å². The lowest BCUT2D eigenvalue weighted by molar-refractivity contribution is -0.146. The zero-order chi connectivity index (χ0) is 19.3. The van der Waals surface area contributed by atoms with Gasteiger partial charge in [0.25, 0.3) is 0 Å². The van der Waals surface area contributed by atoms with Gasteiger partial charge in [0.15, 0.2) is 0 Å². The molecule has 0 radical (unpaired) electrons. The summed E-state index contributed by atoms with van der Waals surface area (Å²) in [5.74, 6) is 1.19. The normalized spacial score (nSPS) is 23.0. The van der Waals surface area contributed by atoms with E-state index in [1.807, 2.05) is 36.1 Å². The number of benzene rings is 1. The molecule has 1 aromatic rings. The molecule has 148 valence electrons. The molecule has 1 spiro atoms. The number of ether oxygens (including phenoxy) is 1. The molecule has 6 nitrogen and oxygen atoms in total. The van der Waals surface area contributed by atoms with E-state index in [0.29, 0.717) is 19.5 Å². The Morgan fingerprint density at radius 3 is 2.93 bits per heavy atom. The van der Waals surface area contributed by atoms with Gasteiger partial charge in [0, 0.05) is 39.1 Å². The van der Waals surface area contributed by atoms with Crippen LogP contribution < -0.4 is 10.1 Å². The largest absolute Gasteiger partial charge is 0.497 e. The van der Waals surface area contributed by atoms with Gasteiger partial charge in [0.1, 0.15) is 5.75 Å². The van der Waals surface area contributed by atoms with Crippen LogP contribution in [0, 0.1) is 5.41 Å². The lowest BCUT2D eigenvalue weighted by Gasteiger charge is -2.39. The van der Waals surface area contributed by atoms with Crippen molar-refractivity contribution in [2.24, 2.45) is 5.41 Å². The highest BCUT2D eigenvalue weighted by Gasteiger charge is 2.48. The van der Waals surface area contributed by atoms with E-state index in [1.54, 1.807) is 7.11 Å². The van der Waals surface area contributed by atoms with Crippen molar-refractivity contribution < 1.29 is 14.3 Å². The van der Waals surface area contributed by atoms with Crippen LogP contribution in [-0.4, -0.2) is 61.4 Å². The maximum absolute atomic E-state index is 13.3. The summed E-state index contributed by atoms with van der Waals surface area (Å²) in [6.45, 7) is 6.46. The van der Waals surface area contributed by atoms with Crippen molar-refractivity contribution in [2.75, 3.05) is 39.8 Å². The van der Waals surface area contributed by atoms with Gasteiger partial charge in [-0.2, -0.15) is 0 Å². The quantitative estimate of drug-likeness (QED) is 0.795. The summed E-state index contributed by atoms with van der Waals surface area (Å²) in [7, 11) is 1.66. The highest BCUT2D eigenvalue weighted by molar-refractivity contribution is 5.84. The average Bonchev–Trinajstić information content (AvgIpc) is 3.08. The van der Waals surface area contributed by atoms with Crippen LogP contribution in [-0.2, 0) is 16.1 Å². The predicted octanol–water partition coefficient (Wildman–Crippen LogP) is 2.04. The first kappa shape index (κ1) is 19.7. The van der Waals surface area contributed by atoms with Gasteiger partial charge in [-0.15, -0.1) is 0 Å². The van der Waals surface area contributed by atoms with Crippen molar-refractivity contribution in [2.45, 2.75) is 39.2 Å². The summed E-state index contributed by atoms with van der Waals surface area (Å²) < 4.78 is 5.30. The summed E-state index contributed by atoms with van der Waals surface area (Å²) in [5, 5.41) is 2.84. The van der Waals surface area contributed by atoms with Crippen LogP contribution in [0.5, 0.6) is 5.75 Å². The molecule has 0 aliphatic carbocycles. The minimum atomic E-state index is -0.266. The van der Waals surface area contributed by atoms with Crippen molar-refractivity contribution in [3.8, 4) is 5.75 Å². The number of likely N-dealkylation sites (tertiary alicyclic amines) is 2. The van der Waals surface area contributed by atoms with Crippen LogP contribution in [0.15, 0.2) is 24.3 Å². The summed E-state index contributed by atoms with van der Waals surface area (Å²) in [6, 6.07) is 7.94. The molecule has 2 saturated heterocycles. The van der Waals surface area contributed by atoms with Crippen LogP contribution in [0.4, 0.5) is 0 Å². The molecule has 3 rings (SSSR count). The summed E-state index contributed by atoms with van der Waals surface area (Å²) >= 11 is 0. The van der Waals surface area contributed by atoms with Crippen LogP contribution in [0.3, 0.4) is 0 Å². The molecule has 0 saturated carbocycles. The molecular weight excluding hydrogens is 342 g/mol. The molecule has 1 N–H and O–H groups in total. The number of nitrogens with one attached hydrogen (secondary N) is 1. The van der Waals surface area contributed by atoms with Gasteiger partial charge in [-0.05, 0) is 50.4 Å². The molecular formula is C21H31N3O3. The Balaban J connectivity index is 1.60. The van der Waals surface area contributed by atoms with Gasteiger partial charge in [-0.1, -0.05) is 12.1 Å². The molecule has 1 aromatic carbocycles. The Hall–Kier alpha value is -2.08. The molecule has 6 heteroatoms. The lowest BCUT2D eigenvalue weighted by atomic mass is 9.78. The number of piperidine rings is 1. The smallest absolute Gasteiger partial charge is 0.230 e. The highest BCUT2D eigenvalue weighted by atomic mass is 16.5. The van der Waals surface area contributed by atoms with Crippen LogP contribution in [0.25, 0.3) is 0 Å². The number of nitrogens with zero attached hydrogens (tertiary/aromatic N) is 2. The molecule has 2 amide bonds. The number of amides is 2. The molecule has 1 atom stereocenters. The molecule has 2 aliphatic rings. The van der Waals surface area contributed by atoms with E-state index in [9.17, 15) is 9.59 Å². The Bertz CT molecular complexity index is 678. The first-order valence-electron chi connectivity index (χ1n) is 9.98. The van der Waals surface area contributed by atoms with Crippen LogP contribution in [0.1, 0.15) is 38.2 Å². The molecule has 0 bridgehead atoms. The summed E-state index contributed by atoms with van der Waals surface area (Å²) in [6.07, 6.45) is 3.40. The zero-order valence-electron chi connectivity index (χ0n) is 16.5. The van der Waals surface area contributed by atoms with E-state index in [1.165, 1.54) is 0 Å². The minimum Gasteiger partial charge on any atom is -0.497 e. The van der Waals surface area contributed by atoms with Crippen molar-refractivity contribution in [1.29, 1.82) is 0 Å². The molecule has 27 heavy (non-hydrogen) atoms.